The van der Waals surface area contributed by atoms with Gasteiger partial charge < -0.3 is 19.8 Å². The molecule has 7 rings (SSSR count). The summed E-state index contributed by atoms with van der Waals surface area (Å²) in [5, 5.41) is 2.82. The van der Waals surface area contributed by atoms with Gasteiger partial charge in [0, 0.05) is 47.8 Å². The van der Waals surface area contributed by atoms with Crippen LogP contribution in [0.15, 0.2) is 55.0 Å². The van der Waals surface area contributed by atoms with Gasteiger partial charge >= 0.3 is 0 Å². The van der Waals surface area contributed by atoms with Gasteiger partial charge in [0.05, 0.1) is 18.2 Å². The highest BCUT2D eigenvalue weighted by Crippen LogP contribution is 2.40. The first-order valence-electron chi connectivity index (χ1n) is 12.4. The van der Waals surface area contributed by atoms with E-state index in [1.54, 1.807) is 6.20 Å². The Morgan fingerprint density at radius 2 is 1.92 bits per heavy atom. The van der Waals surface area contributed by atoms with Gasteiger partial charge in [-0.3, -0.25) is 9.78 Å². The third-order valence-electron chi connectivity index (χ3n) is 7.10. The predicted octanol–water partition coefficient (Wildman–Crippen LogP) is 5.14. The molecule has 1 fully saturated rings. The van der Waals surface area contributed by atoms with E-state index in [2.05, 4.69) is 26.3 Å². The standard InChI is InChI=1S/C28H25N5O3/c34-26-6-4-21-25(8-10-30-28(21)33-26)36-20-3-5-24-18(12-20)11-19(15-35-24)27-31-14-23(32-27)17-7-9-29-22(13-17)16-1-2-16/h3,5,7-10,12-14,16,19H,1-2,4,6,11,15H2,(H,31,32)(H,30,33,34). The Morgan fingerprint density at radius 3 is 2.83 bits per heavy atom. The molecule has 1 unspecified atom stereocenters. The number of benzene rings is 1. The van der Waals surface area contributed by atoms with Crippen LogP contribution in [0.4, 0.5) is 5.82 Å². The van der Waals surface area contributed by atoms with E-state index in [-0.39, 0.29) is 11.8 Å². The van der Waals surface area contributed by atoms with Crippen LogP contribution in [0.5, 0.6) is 17.2 Å². The number of rotatable bonds is 5. The van der Waals surface area contributed by atoms with E-state index < -0.39 is 0 Å². The SMILES string of the molecule is O=C1CCc2c(Oc3ccc4c(c3)CC(c3nc(-c5ccnc(C6CC6)c5)c[nH]3)CO4)ccnc2N1. The first kappa shape index (κ1) is 21.1. The molecule has 1 amide bonds. The number of amides is 1. The van der Waals surface area contributed by atoms with Crippen molar-refractivity contribution in [3.05, 3.63) is 77.6 Å². The third kappa shape index (κ3) is 3.98. The molecule has 0 spiro atoms. The van der Waals surface area contributed by atoms with E-state index in [0.29, 0.717) is 36.9 Å². The number of imidazole rings is 1. The zero-order valence-electron chi connectivity index (χ0n) is 19.7. The van der Waals surface area contributed by atoms with Crippen LogP contribution in [0, 0.1) is 0 Å². The number of nitrogens with one attached hydrogen (secondary N) is 2. The topological polar surface area (TPSA) is 102 Å². The molecule has 36 heavy (non-hydrogen) atoms. The molecule has 2 aliphatic heterocycles. The van der Waals surface area contributed by atoms with Crippen LogP contribution < -0.4 is 14.8 Å². The summed E-state index contributed by atoms with van der Waals surface area (Å²) in [5.41, 5.74) is 5.20. The van der Waals surface area contributed by atoms with Crippen LogP contribution >= 0.6 is 0 Å². The molecule has 8 heteroatoms. The number of aromatic nitrogens is 4. The predicted molar refractivity (Wildman–Crippen MR) is 133 cm³/mol. The molecule has 1 aliphatic carbocycles. The van der Waals surface area contributed by atoms with Crippen molar-refractivity contribution in [1.82, 2.24) is 19.9 Å². The first-order chi connectivity index (χ1) is 17.7. The minimum atomic E-state index is -0.0162. The van der Waals surface area contributed by atoms with Crippen molar-refractivity contribution >= 4 is 11.7 Å². The van der Waals surface area contributed by atoms with Crippen molar-refractivity contribution < 1.29 is 14.3 Å². The number of hydrogen-bond donors (Lipinski definition) is 2. The van der Waals surface area contributed by atoms with Gasteiger partial charge in [0.15, 0.2) is 0 Å². The molecule has 5 heterocycles. The average molecular weight is 480 g/mol. The maximum Gasteiger partial charge on any atom is 0.225 e. The average Bonchev–Trinajstić information content (AvgIpc) is 3.64. The van der Waals surface area contributed by atoms with E-state index >= 15 is 0 Å². The summed E-state index contributed by atoms with van der Waals surface area (Å²) in [7, 11) is 0. The van der Waals surface area contributed by atoms with Crippen LogP contribution in [0.2, 0.25) is 0 Å². The van der Waals surface area contributed by atoms with Crippen molar-refractivity contribution in [2.45, 2.75) is 43.9 Å². The zero-order chi connectivity index (χ0) is 24.1. The van der Waals surface area contributed by atoms with Crippen LogP contribution in [0.1, 0.15) is 53.7 Å². The summed E-state index contributed by atoms with van der Waals surface area (Å²) >= 11 is 0. The van der Waals surface area contributed by atoms with Gasteiger partial charge in [0.2, 0.25) is 5.91 Å². The number of anilines is 1. The lowest BCUT2D eigenvalue weighted by atomic mass is 9.96. The van der Waals surface area contributed by atoms with Gasteiger partial charge in [0.25, 0.3) is 0 Å². The van der Waals surface area contributed by atoms with Crippen LogP contribution in [0.25, 0.3) is 11.3 Å². The number of pyridine rings is 2. The van der Waals surface area contributed by atoms with Crippen LogP contribution in [-0.2, 0) is 17.6 Å². The number of hydrogen-bond acceptors (Lipinski definition) is 6. The highest BCUT2D eigenvalue weighted by molar-refractivity contribution is 5.93. The molecule has 0 bridgehead atoms. The Balaban J connectivity index is 1.10. The fraction of sp³-hybridized carbons (Fsp3) is 0.286. The maximum absolute atomic E-state index is 11.7. The summed E-state index contributed by atoms with van der Waals surface area (Å²) in [6, 6.07) is 11.9. The summed E-state index contributed by atoms with van der Waals surface area (Å²) in [6.07, 6.45) is 9.81. The highest BCUT2D eigenvalue weighted by Gasteiger charge is 2.27. The van der Waals surface area contributed by atoms with E-state index in [9.17, 15) is 4.79 Å². The lowest BCUT2D eigenvalue weighted by Gasteiger charge is -2.25. The minimum absolute atomic E-state index is 0.0162. The van der Waals surface area contributed by atoms with Gasteiger partial charge in [0.1, 0.15) is 28.9 Å². The molecule has 0 saturated heterocycles. The Morgan fingerprint density at radius 1 is 1.00 bits per heavy atom. The second-order valence-electron chi connectivity index (χ2n) is 9.68. The largest absolute Gasteiger partial charge is 0.493 e. The monoisotopic (exact) mass is 479 g/mol. The molecular formula is C28H25N5O3. The third-order valence-corrected chi connectivity index (χ3v) is 7.10. The van der Waals surface area contributed by atoms with Gasteiger partial charge in [-0.2, -0.15) is 0 Å². The number of carbonyl (C=O) groups is 1. The Kier molecular flexibility index (Phi) is 4.97. The smallest absolute Gasteiger partial charge is 0.225 e. The summed E-state index contributed by atoms with van der Waals surface area (Å²) < 4.78 is 12.3. The maximum atomic E-state index is 11.7. The highest BCUT2D eigenvalue weighted by atomic mass is 16.5. The summed E-state index contributed by atoms with van der Waals surface area (Å²) in [5.74, 6) is 4.53. The number of nitrogens with zero attached hydrogens (tertiary/aromatic N) is 3. The normalized spacial score (nSPS) is 18.6. The van der Waals surface area contributed by atoms with Gasteiger partial charge in [-0.15, -0.1) is 0 Å². The van der Waals surface area contributed by atoms with E-state index in [0.717, 1.165) is 51.8 Å². The zero-order valence-corrected chi connectivity index (χ0v) is 19.7. The van der Waals surface area contributed by atoms with Crippen molar-refractivity contribution in [2.75, 3.05) is 11.9 Å². The van der Waals surface area contributed by atoms with Crippen molar-refractivity contribution in [3.63, 3.8) is 0 Å². The van der Waals surface area contributed by atoms with Gasteiger partial charge in [-0.1, -0.05) is 0 Å². The number of carbonyl (C=O) groups excluding carboxylic acids is 1. The fourth-order valence-electron chi connectivity index (χ4n) is 4.99. The molecule has 1 atom stereocenters. The summed E-state index contributed by atoms with van der Waals surface area (Å²) in [4.78, 5) is 28.8. The first-order valence-corrected chi connectivity index (χ1v) is 12.4. The van der Waals surface area contributed by atoms with Crippen molar-refractivity contribution in [1.29, 1.82) is 0 Å². The number of aromatic amines is 1. The molecule has 4 aromatic rings. The second kappa shape index (κ2) is 8.48. The summed E-state index contributed by atoms with van der Waals surface area (Å²) in [6.45, 7) is 0.571. The molecule has 3 aliphatic rings. The Labute approximate surface area is 208 Å². The number of H-pyrrole nitrogens is 1. The molecule has 2 N–H and O–H groups in total. The molecule has 1 saturated carbocycles. The Hall–Kier alpha value is -4.20. The second-order valence-corrected chi connectivity index (χ2v) is 9.68. The molecule has 0 radical (unpaired) electrons. The Bertz CT molecular complexity index is 1480. The lowest BCUT2D eigenvalue weighted by Crippen LogP contribution is -2.20. The minimum Gasteiger partial charge on any atom is -0.493 e. The molecule has 1 aromatic carbocycles. The quantitative estimate of drug-likeness (QED) is 0.411. The molecule has 3 aromatic heterocycles. The molecule has 8 nitrogen and oxygen atoms in total. The van der Waals surface area contributed by atoms with E-state index in [1.165, 1.54) is 12.8 Å². The van der Waals surface area contributed by atoms with E-state index in [4.69, 9.17) is 14.5 Å². The van der Waals surface area contributed by atoms with Gasteiger partial charge in [-0.05, 0) is 67.6 Å². The molecular weight excluding hydrogens is 454 g/mol. The number of fused-ring (bicyclic) bond motifs is 2. The van der Waals surface area contributed by atoms with Crippen molar-refractivity contribution in [3.8, 4) is 28.5 Å². The van der Waals surface area contributed by atoms with Crippen LogP contribution in [-0.4, -0.2) is 32.4 Å². The number of ether oxygens (including phenoxy) is 2. The molecule has 180 valence electrons. The van der Waals surface area contributed by atoms with Crippen molar-refractivity contribution in [2.24, 2.45) is 0 Å². The van der Waals surface area contributed by atoms with Gasteiger partial charge in [-0.25, -0.2) is 9.97 Å². The fourth-order valence-corrected chi connectivity index (χ4v) is 4.99. The lowest BCUT2D eigenvalue weighted by molar-refractivity contribution is -0.116. The van der Waals surface area contributed by atoms with E-state index in [1.807, 2.05) is 42.7 Å². The van der Waals surface area contributed by atoms with Crippen LogP contribution in [0.3, 0.4) is 0 Å².